The van der Waals surface area contributed by atoms with E-state index in [1.54, 1.807) is 24.3 Å². The van der Waals surface area contributed by atoms with Crippen LogP contribution in [0.3, 0.4) is 0 Å². The second-order valence-electron chi connectivity index (χ2n) is 6.23. The smallest absolute Gasteiger partial charge is 0.161 e. The summed E-state index contributed by atoms with van der Waals surface area (Å²) in [5, 5.41) is 5.38. The maximum atomic E-state index is 6.07. The molecule has 0 aliphatic heterocycles. The zero-order valence-electron chi connectivity index (χ0n) is 15.6. The highest BCUT2D eigenvalue weighted by atomic mass is 35.5. The highest BCUT2D eigenvalue weighted by Crippen LogP contribution is 2.31. The summed E-state index contributed by atoms with van der Waals surface area (Å²) in [6, 6.07) is 16.7. The summed E-state index contributed by atoms with van der Waals surface area (Å²) in [6.07, 6.45) is 0. The largest absolute Gasteiger partial charge is 0.490 e. The summed E-state index contributed by atoms with van der Waals surface area (Å²) >= 11 is 24.0. The van der Waals surface area contributed by atoms with Gasteiger partial charge in [0.1, 0.15) is 6.61 Å². The molecule has 0 radical (unpaired) electrons. The van der Waals surface area contributed by atoms with E-state index in [1.807, 2.05) is 37.3 Å². The Balaban J connectivity index is 1.68. The lowest BCUT2D eigenvalue weighted by molar-refractivity contribution is 0.269. The fourth-order valence-corrected chi connectivity index (χ4v) is 3.27. The summed E-state index contributed by atoms with van der Waals surface area (Å²) in [5.41, 5.74) is 2.85. The van der Waals surface area contributed by atoms with Crippen molar-refractivity contribution in [1.29, 1.82) is 0 Å². The Morgan fingerprint density at radius 1 is 0.690 bits per heavy atom. The average molecular weight is 471 g/mol. The molecule has 3 aromatic rings. The minimum absolute atomic E-state index is 0.359. The molecule has 0 atom stereocenters. The van der Waals surface area contributed by atoms with Gasteiger partial charge in [0, 0.05) is 12.2 Å². The van der Waals surface area contributed by atoms with Crippen molar-refractivity contribution in [3.63, 3.8) is 0 Å². The maximum Gasteiger partial charge on any atom is 0.161 e. The number of hydrogen-bond donors (Lipinski definition) is 1. The van der Waals surface area contributed by atoms with Gasteiger partial charge in [-0.25, -0.2) is 0 Å². The Hall–Kier alpha value is -1.78. The molecule has 3 aromatic carbocycles. The summed E-state index contributed by atoms with van der Waals surface area (Å²) in [6.45, 7) is 3.43. The van der Waals surface area contributed by atoms with Gasteiger partial charge in [0.05, 0.1) is 26.7 Å². The van der Waals surface area contributed by atoms with E-state index in [0.29, 0.717) is 51.3 Å². The van der Waals surface area contributed by atoms with E-state index in [2.05, 4.69) is 5.32 Å². The lowest BCUT2D eigenvalue weighted by atomic mass is 10.2. The third kappa shape index (κ3) is 6.10. The van der Waals surface area contributed by atoms with Gasteiger partial charge in [-0.15, -0.1) is 0 Å². The Labute approximate surface area is 190 Å². The number of nitrogens with one attached hydrogen (secondary N) is 1. The first-order valence-electron chi connectivity index (χ1n) is 8.97. The molecule has 0 bridgehead atoms. The Morgan fingerprint density at radius 2 is 1.38 bits per heavy atom. The molecule has 3 rings (SSSR count). The molecule has 152 valence electrons. The van der Waals surface area contributed by atoms with Gasteiger partial charge in [-0.3, -0.25) is 0 Å². The quantitative estimate of drug-likeness (QED) is 0.363. The molecular formula is C22H19Cl4NO2. The Kier molecular flexibility index (Phi) is 7.79. The number of anilines is 1. The van der Waals surface area contributed by atoms with E-state index in [9.17, 15) is 0 Å². The van der Waals surface area contributed by atoms with E-state index in [4.69, 9.17) is 55.9 Å². The maximum absolute atomic E-state index is 6.07. The van der Waals surface area contributed by atoms with Crippen LogP contribution in [0.2, 0.25) is 20.1 Å². The highest BCUT2D eigenvalue weighted by molar-refractivity contribution is 6.42. The van der Waals surface area contributed by atoms with Gasteiger partial charge in [0.25, 0.3) is 0 Å². The van der Waals surface area contributed by atoms with Crippen molar-refractivity contribution in [2.45, 2.75) is 20.1 Å². The van der Waals surface area contributed by atoms with Crippen molar-refractivity contribution in [3.05, 3.63) is 85.8 Å². The number of ether oxygens (including phenoxy) is 2. The molecule has 0 aliphatic rings. The van der Waals surface area contributed by atoms with Crippen LogP contribution >= 0.6 is 46.4 Å². The van der Waals surface area contributed by atoms with E-state index >= 15 is 0 Å². The first-order valence-corrected chi connectivity index (χ1v) is 10.5. The standard InChI is InChI=1S/C22H19Cl4NO2/c1-2-28-22-10-14(12-27-16-5-7-18(24)20(26)11-16)4-8-21(22)29-13-15-3-6-17(23)19(25)9-15/h3-11,27H,2,12-13H2,1H3. The first kappa shape index (κ1) is 21.9. The first-order chi connectivity index (χ1) is 14.0. The van der Waals surface area contributed by atoms with Gasteiger partial charge in [-0.05, 0) is 60.5 Å². The van der Waals surface area contributed by atoms with Crippen molar-refractivity contribution < 1.29 is 9.47 Å². The van der Waals surface area contributed by atoms with Crippen molar-refractivity contribution in [1.82, 2.24) is 0 Å². The molecule has 0 fully saturated rings. The predicted octanol–water partition coefficient (Wildman–Crippen LogP) is 7.89. The average Bonchev–Trinajstić information content (AvgIpc) is 2.71. The van der Waals surface area contributed by atoms with Crippen molar-refractivity contribution >= 4 is 52.1 Å². The van der Waals surface area contributed by atoms with Crippen molar-refractivity contribution in [2.75, 3.05) is 11.9 Å². The van der Waals surface area contributed by atoms with Crippen LogP contribution < -0.4 is 14.8 Å². The Morgan fingerprint density at radius 3 is 2.07 bits per heavy atom. The van der Waals surface area contributed by atoms with Crippen LogP contribution in [0.5, 0.6) is 11.5 Å². The summed E-state index contributed by atoms with van der Waals surface area (Å²) < 4.78 is 11.7. The highest BCUT2D eigenvalue weighted by Gasteiger charge is 2.09. The number of halogens is 4. The SMILES string of the molecule is CCOc1cc(CNc2ccc(Cl)c(Cl)c2)ccc1OCc1ccc(Cl)c(Cl)c1. The van der Waals surface area contributed by atoms with Crippen LogP contribution in [0.25, 0.3) is 0 Å². The number of rotatable bonds is 8. The van der Waals surface area contributed by atoms with Gasteiger partial charge >= 0.3 is 0 Å². The molecule has 7 heteroatoms. The molecule has 0 amide bonds. The monoisotopic (exact) mass is 469 g/mol. The van der Waals surface area contributed by atoms with Crippen LogP contribution in [0.4, 0.5) is 5.69 Å². The molecule has 3 nitrogen and oxygen atoms in total. The second kappa shape index (κ2) is 10.3. The van der Waals surface area contributed by atoms with E-state index in [1.165, 1.54) is 0 Å². The molecule has 0 aliphatic carbocycles. The van der Waals surface area contributed by atoms with Crippen LogP contribution in [0.15, 0.2) is 54.6 Å². The normalized spacial score (nSPS) is 10.7. The minimum Gasteiger partial charge on any atom is -0.490 e. The van der Waals surface area contributed by atoms with Crippen LogP contribution in [0, 0.1) is 0 Å². The topological polar surface area (TPSA) is 30.5 Å². The fourth-order valence-electron chi connectivity index (χ4n) is 2.65. The molecule has 0 saturated carbocycles. The van der Waals surface area contributed by atoms with Crippen LogP contribution in [-0.4, -0.2) is 6.61 Å². The number of benzene rings is 3. The summed E-state index contributed by atoms with van der Waals surface area (Å²) in [4.78, 5) is 0. The predicted molar refractivity (Wildman–Crippen MR) is 122 cm³/mol. The third-order valence-corrected chi connectivity index (χ3v) is 5.58. The molecule has 29 heavy (non-hydrogen) atoms. The van der Waals surface area contributed by atoms with Gasteiger partial charge in [-0.2, -0.15) is 0 Å². The molecular weight excluding hydrogens is 452 g/mol. The fraction of sp³-hybridized carbons (Fsp3) is 0.182. The zero-order valence-corrected chi connectivity index (χ0v) is 18.7. The Bertz CT molecular complexity index is 995. The van der Waals surface area contributed by atoms with Gasteiger partial charge < -0.3 is 14.8 Å². The summed E-state index contributed by atoms with van der Waals surface area (Å²) in [7, 11) is 0. The lowest BCUT2D eigenvalue weighted by Gasteiger charge is -2.14. The summed E-state index contributed by atoms with van der Waals surface area (Å²) in [5.74, 6) is 1.34. The zero-order chi connectivity index (χ0) is 20.8. The van der Waals surface area contributed by atoms with E-state index < -0.39 is 0 Å². The van der Waals surface area contributed by atoms with Gasteiger partial charge in [-0.1, -0.05) is 58.5 Å². The van der Waals surface area contributed by atoms with Crippen molar-refractivity contribution in [3.8, 4) is 11.5 Å². The minimum atomic E-state index is 0.359. The van der Waals surface area contributed by atoms with Crippen LogP contribution in [-0.2, 0) is 13.2 Å². The number of hydrogen-bond acceptors (Lipinski definition) is 3. The lowest BCUT2D eigenvalue weighted by Crippen LogP contribution is -2.03. The molecule has 0 unspecified atom stereocenters. The van der Waals surface area contributed by atoms with E-state index in [0.717, 1.165) is 16.8 Å². The molecule has 0 spiro atoms. The van der Waals surface area contributed by atoms with Crippen LogP contribution in [0.1, 0.15) is 18.1 Å². The van der Waals surface area contributed by atoms with Crippen molar-refractivity contribution in [2.24, 2.45) is 0 Å². The van der Waals surface area contributed by atoms with Gasteiger partial charge in [0.2, 0.25) is 0 Å². The van der Waals surface area contributed by atoms with Gasteiger partial charge in [0.15, 0.2) is 11.5 Å². The molecule has 0 saturated heterocycles. The molecule has 0 heterocycles. The molecule has 1 N–H and O–H groups in total. The second-order valence-corrected chi connectivity index (χ2v) is 7.86. The third-order valence-electron chi connectivity index (χ3n) is 4.10. The van der Waals surface area contributed by atoms with E-state index in [-0.39, 0.29) is 0 Å². The molecule has 0 aromatic heterocycles.